The molecule has 0 aliphatic heterocycles. The molecule has 1 aromatic carbocycles. The van der Waals surface area contributed by atoms with Gasteiger partial charge in [-0.05, 0) is 43.3 Å². The van der Waals surface area contributed by atoms with E-state index in [0.717, 1.165) is 11.5 Å². The maximum absolute atomic E-state index is 11.8. The van der Waals surface area contributed by atoms with Crippen molar-refractivity contribution in [3.63, 3.8) is 0 Å². The molecule has 0 fully saturated rings. The number of hydrogen-bond acceptors (Lipinski definition) is 4. The first-order valence-corrected chi connectivity index (χ1v) is 9.49. The van der Waals surface area contributed by atoms with Gasteiger partial charge in [-0.2, -0.15) is 0 Å². The van der Waals surface area contributed by atoms with Crippen molar-refractivity contribution in [2.75, 3.05) is 33.7 Å². The molecule has 160 valence electrons. The molecule has 0 spiro atoms. The van der Waals surface area contributed by atoms with E-state index in [1.54, 1.807) is 32.5 Å². The third kappa shape index (κ3) is 9.89. The van der Waals surface area contributed by atoms with Crippen LogP contribution in [0.25, 0.3) is 0 Å². The zero-order valence-electron chi connectivity index (χ0n) is 16.9. The van der Waals surface area contributed by atoms with E-state index in [4.69, 9.17) is 20.8 Å². The molecular formula is C20H28ClIN4O3. The number of carbonyl (C=O) groups excluding carboxylic acids is 1. The Kier molecular flexibility index (Phi) is 11.5. The summed E-state index contributed by atoms with van der Waals surface area (Å²) >= 11 is 5.89. The van der Waals surface area contributed by atoms with E-state index < -0.39 is 0 Å². The van der Waals surface area contributed by atoms with Crippen LogP contribution in [0.4, 0.5) is 0 Å². The zero-order valence-corrected chi connectivity index (χ0v) is 19.9. The second-order valence-corrected chi connectivity index (χ2v) is 6.91. The molecular weight excluding hydrogens is 507 g/mol. The van der Waals surface area contributed by atoms with Gasteiger partial charge in [0.25, 0.3) is 0 Å². The molecule has 29 heavy (non-hydrogen) atoms. The number of nitrogens with one attached hydrogen (secondary N) is 2. The Morgan fingerprint density at radius 3 is 2.59 bits per heavy atom. The second-order valence-electron chi connectivity index (χ2n) is 6.47. The molecule has 2 aromatic rings. The molecule has 1 atom stereocenters. The first kappa shape index (κ1) is 25.1. The van der Waals surface area contributed by atoms with Crippen molar-refractivity contribution in [2.45, 2.75) is 19.4 Å². The molecule has 0 saturated heterocycles. The molecule has 1 amide bonds. The SMILES string of the molecule is CC(CNC(=NCC(=O)N(C)C)NCCc1ccco1)Oc1ccc(Cl)cc1.I. The molecule has 0 saturated carbocycles. The van der Waals surface area contributed by atoms with Gasteiger partial charge in [-0.1, -0.05) is 11.6 Å². The molecule has 1 heterocycles. The number of aliphatic imine (C=N–C) groups is 1. The fourth-order valence-electron chi connectivity index (χ4n) is 2.25. The number of hydrogen-bond donors (Lipinski definition) is 2. The fraction of sp³-hybridized carbons (Fsp3) is 0.400. The Morgan fingerprint density at radius 1 is 1.24 bits per heavy atom. The monoisotopic (exact) mass is 534 g/mol. The minimum atomic E-state index is -0.109. The summed E-state index contributed by atoms with van der Waals surface area (Å²) in [6, 6.07) is 11.0. The quantitative estimate of drug-likeness (QED) is 0.294. The maximum atomic E-state index is 11.8. The number of furan rings is 1. The van der Waals surface area contributed by atoms with Gasteiger partial charge in [0.15, 0.2) is 5.96 Å². The van der Waals surface area contributed by atoms with Crippen LogP contribution in [0.1, 0.15) is 12.7 Å². The van der Waals surface area contributed by atoms with Crippen LogP contribution in [-0.4, -0.2) is 56.6 Å². The first-order valence-electron chi connectivity index (χ1n) is 9.11. The first-order chi connectivity index (χ1) is 13.4. The lowest BCUT2D eigenvalue weighted by Gasteiger charge is -2.18. The van der Waals surface area contributed by atoms with Crippen LogP contribution >= 0.6 is 35.6 Å². The highest BCUT2D eigenvalue weighted by Gasteiger charge is 2.08. The van der Waals surface area contributed by atoms with Crippen LogP contribution in [-0.2, 0) is 11.2 Å². The highest BCUT2D eigenvalue weighted by molar-refractivity contribution is 14.0. The number of amides is 1. The Hall–Kier alpha value is -1.94. The summed E-state index contributed by atoms with van der Waals surface area (Å²) in [7, 11) is 3.41. The topological polar surface area (TPSA) is 79.1 Å². The molecule has 1 aromatic heterocycles. The summed E-state index contributed by atoms with van der Waals surface area (Å²) < 4.78 is 11.2. The van der Waals surface area contributed by atoms with E-state index in [2.05, 4.69) is 15.6 Å². The van der Waals surface area contributed by atoms with Crippen LogP contribution in [0.15, 0.2) is 52.1 Å². The summed E-state index contributed by atoms with van der Waals surface area (Å²) in [5.41, 5.74) is 0. The highest BCUT2D eigenvalue weighted by Crippen LogP contribution is 2.16. The number of guanidine groups is 1. The second kappa shape index (κ2) is 13.3. The Balaban J connectivity index is 0.00000420. The van der Waals surface area contributed by atoms with Crippen LogP contribution < -0.4 is 15.4 Å². The van der Waals surface area contributed by atoms with Crippen molar-refractivity contribution in [1.29, 1.82) is 0 Å². The maximum Gasteiger partial charge on any atom is 0.243 e. The average molecular weight is 535 g/mol. The van der Waals surface area contributed by atoms with Gasteiger partial charge in [0.05, 0.1) is 12.8 Å². The number of likely N-dealkylation sites (N-methyl/N-ethyl adjacent to an activating group) is 1. The molecule has 1 unspecified atom stereocenters. The van der Waals surface area contributed by atoms with Crippen LogP contribution in [0.3, 0.4) is 0 Å². The normalized spacial score (nSPS) is 11.9. The van der Waals surface area contributed by atoms with Crippen molar-refractivity contribution in [3.05, 3.63) is 53.4 Å². The van der Waals surface area contributed by atoms with Gasteiger partial charge in [0, 0.05) is 32.1 Å². The number of nitrogens with zero attached hydrogens (tertiary/aromatic N) is 2. The van der Waals surface area contributed by atoms with Gasteiger partial charge < -0.3 is 24.7 Å². The number of halogens is 2. The molecule has 0 aliphatic rings. The molecule has 0 radical (unpaired) electrons. The Morgan fingerprint density at radius 2 is 1.97 bits per heavy atom. The lowest BCUT2D eigenvalue weighted by molar-refractivity contribution is -0.127. The molecule has 2 N–H and O–H groups in total. The smallest absolute Gasteiger partial charge is 0.243 e. The Bertz CT molecular complexity index is 752. The van der Waals surface area contributed by atoms with Gasteiger partial charge in [-0.3, -0.25) is 4.79 Å². The molecule has 7 nitrogen and oxygen atoms in total. The van der Waals surface area contributed by atoms with E-state index in [0.29, 0.717) is 30.5 Å². The molecule has 2 rings (SSSR count). The van der Waals surface area contributed by atoms with Crippen molar-refractivity contribution in [3.8, 4) is 5.75 Å². The van der Waals surface area contributed by atoms with Gasteiger partial charge in [0.1, 0.15) is 24.2 Å². The van der Waals surface area contributed by atoms with Crippen LogP contribution in [0, 0.1) is 0 Å². The summed E-state index contributed by atoms with van der Waals surface area (Å²) in [5.74, 6) is 2.10. The van der Waals surface area contributed by atoms with E-state index >= 15 is 0 Å². The van der Waals surface area contributed by atoms with Gasteiger partial charge >= 0.3 is 0 Å². The van der Waals surface area contributed by atoms with Gasteiger partial charge in [-0.15, -0.1) is 24.0 Å². The van der Waals surface area contributed by atoms with Gasteiger partial charge in [-0.25, -0.2) is 4.99 Å². The standard InChI is InChI=1S/C20H27ClN4O3.HI/c1-15(28-18-8-6-16(21)7-9-18)13-23-20(24-14-19(26)25(2)3)22-11-10-17-5-4-12-27-17;/h4-9,12,15H,10-11,13-14H2,1-3H3,(H2,22,23,24);1H. The van der Waals surface area contributed by atoms with Crippen molar-refractivity contribution >= 4 is 47.4 Å². The van der Waals surface area contributed by atoms with Crippen molar-refractivity contribution in [2.24, 2.45) is 4.99 Å². The van der Waals surface area contributed by atoms with Crippen molar-refractivity contribution in [1.82, 2.24) is 15.5 Å². The lowest BCUT2D eigenvalue weighted by atomic mass is 10.3. The largest absolute Gasteiger partial charge is 0.489 e. The van der Waals surface area contributed by atoms with E-state index in [9.17, 15) is 4.79 Å². The number of benzene rings is 1. The van der Waals surface area contributed by atoms with Crippen LogP contribution in [0.2, 0.25) is 5.02 Å². The average Bonchev–Trinajstić information content (AvgIpc) is 3.18. The highest BCUT2D eigenvalue weighted by atomic mass is 127. The van der Waals surface area contributed by atoms with Crippen LogP contribution in [0.5, 0.6) is 5.75 Å². The molecule has 0 bridgehead atoms. The molecule has 9 heteroatoms. The Labute approximate surface area is 193 Å². The summed E-state index contributed by atoms with van der Waals surface area (Å²) in [4.78, 5) is 17.7. The summed E-state index contributed by atoms with van der Waals surface area (Å²) in [6.07, 6.45) is 2.25. The number of carbonyl (C=O) groups is 1. The third-order valence-electron chi connectivity index (χ3n) is 3.82. The van der Waals surface area contributed by atoms with Crippen molar-refractivity contribution < 1.29 is 13.9 Å². The zero-order chi connectivity index (χ0) is 20.4. The van der Waals surface area contributed by atoms with E-state index in [-0.39, 0.29) is 42.5 Å². The summed E-state index contributed by atoms with van der Waals surface area (Å²) in [6.45, 7) is 3.16. The summed E-state index contributed by atoms with van der Waals surface area (Å²) in [5, 5.41) is 7.09. The van der Waals surface area contributed by atoms with Gasteiger partial charge in [0.2, 0.25) is 5.91 Å². The number of rotatable bonds is 9. The predicted molar refractivity (Wildman–Crippen MR) is 126 cm³/mol. The fourth-order valence-corrected chi connectivity index (χ4v) is 2.37. The predicted octanol–water partition coefficient (Wildman–Crippen LogP) is 3.18. The third-order valence-corrected chi connectivity index (χ3v) is 4.08. The molecule has 0 aliphatic carbocycles. The minimum Gasteiger partial charge on any atom is -0.489 e. The number of ether oxygens (including phenoxy) is 1. The van der Waals surface area contributed by atoms with E-state index in [1.807, 2.05) is 31.2 Å². The van der Waals surface area contributed by atoms with E-state index in [1.165, 1.54) is 4.90 Å². The lowest BCUT2D eigenvalue weighted by Crippen LogP contribution is -2.43. The minimum absolute atomic E-state index is 0.